The van der Waals surface area contributed by atoms with Crippen LogP contribution in [0.15, 0.2) is 18.2 Å². The normalized spacial score (nSPS) is 11.7. The van der Waals surface area contributed by atoms with E-state index in [1.54, 1.807) is 18.2 Å². The van der Waals surface area contributed by atoms with Gasteiger partial charge in [0.15, 0.2) is 11.5 Å². The number of benzene rings is 1. The minimum absolute atomic E-state index is 0.190. The summed E-state index contributed by atoms with van der Waals surface area (Å²) in [6, 6.07) is 4.97. The maximum atomic E-state index is 11.5. The van der Waals surface area contributed by atoms with E-state index in [2.05, 4.69) is 0 Å². The molecule has 1 aromatic rings. The van der Waals surface area contributed by atoms with Crippen LogP contribution >= 0.6 is 0 Å². The molecule has 1 aromatic carbocycles. The summed E-state index contributed by atoms with van der Waals surface area (Å²) in [6.07, 6.45) is -0.231. The van der Waals surface area contributed by atoms with Crippen molar-refractivity contribution in [2.75, 3.05) is 14.2 Å². The molecule has 1 atom stereocenters. The van der Waals surface area contributed by atoms with Gasteiger partial charge in [-0.05, 0) is 24.6 Å². The van der Waals surface area contributed by atoms with E-state index >= 15 is 0 Å². The van der Waals surface area contributed by atoms with Gasteiger partial charge in [0.1, 0.15) is 5.78 Å². The number of hydrogen-bond donors (Lipinski definition) is 1. The van der Waals surface area contributed by atoms with Gasteiger partial charge >= 0.3 is 5.97 Å². The minimum Gasteiger partial charge on any atom is -0.493 e. The summed E-state index contributed by atoms with van der Waals surface area (Å²) in [5.41, 5.74) is 0.613. The lowest BCUT2D eigenvalue weighted by Crippen LogP contribution is -2.14. The van der Waals surface area contributed by atoms with Crippen molar-refractivity contribution in [3.8, 4) is 11.5 Å². The highest BCUT2D eigenvalue weighted by molar-refractivity contribution is 5.87. The van der Waals surface area contributed by atoms with Crippen LogP contribution in [-0.2, 0) is 9.59 Å². The Balaban J connectivity index is 3.13. The fourth-order valence-corrected chi connectivity index (χ4v) is 1.74. The Kier molecular flexibility index (Phi) is 4.71. The number of hydrogen-bond acceptors (Lipinski definition) is 4. The van der Waals surface area contributed by atoms with Crippen molar-refractivity contribution >= 4 is 11.8 Å². The fraction of sp³-hybridized carbons (Fsp3) is 0.385. The molecule has 1 unspecified atom stereocenters. The highest BCUT2D eigenvalue weighted by atomic mass is 16.5. The second-order valence-electron chi connectivity index (χ2n) is 3.88. The van der Waals surface area contributed by atoms with Crippen LogP contribution in [0.25, 0.3) is 0 Å². The number of carbonyl (C=O) groups excluding carboxylic acids is 1. The third-order valence-electron chi connectivity index (χ3n) is 2.68. The number of aliphatic carboxylic acids is 1. The molecule has 0 aliphatic rings. The zero-order chi connectivity index (χ0) is 13.7. The lowest BCUT2D eigenvalue weighted by atomic mass is 9.92. The molecule has 0 radical (unpaired) electrons. The third-order valence-corrected chi connectivity index (χ3v) is 2.68. The van der Waals surface area contributed by atoms with Crippen molar-refractivity contribution < 1.29 is 24.2 Å². The van der Waals surface area contributed by atoms with Crippen LogP contribution in [-0.4, -0.2) is 31.1 Å². The third kappa shape index (κ3) is 3.23. The summed E-state index contributed by atoms with van der Waals surface area (Å²) < 4.78 is 10.2. The monoisotopic (exact) mass is 252 g/mol. The second kappa shape index (κ2) is 6.05. The Morgan fingerprint density at radius 2 is 1.83 bits per heavy atom. The summed E-state index contributed by atoms with van der Waals surface area (Å²) in [5.74, 6) is -0.845. The SMILES string of the molecule is COc1ccc(C(CC(=O)O)C(C)=O)cc1OC. The molecular formula is C13H16O5. The van der Waals surface area contributed by atoms with E-state index < -0.39 is 11.9 Å². The smallest absolute Gasteiger partial charge is 0.304 e. The quantitative estimate of drug-likeness (QED) is 0.836. The minimum atomic E-state index is -1.01. The Hall–Kier alpha value is -2.04. The molecule has 1 rings (SSSR count). The zero-order valence-electron chi connectivity index (χ0n) is 10.6. The van der Waals surface area contributed by atoms with Gasteiger partial charge in [-0.3, -0.25) is 9.59 Å². The van der Waals surface area contributed by atoms with Crippen LogP contribution in [0.2, 0.25) is 0 Å². The van der Waals surface area contributed by atoms with E-state index in [9.17, 15) is 9.59 Å². The Morgan fingerprint density at radius 1 is 1.22 bits per heavy atom. The average molecular weight is 252 g/mol. The van der Waals surface area contributed by atoms with E-state index in [0.29, 0.717) is 17.1 Å². The van der Waals surface area contributed by atoms with Gasteiger partial charge in [0.25, 0.3) is 0 Å². The molecule has 0 saturated carbocycles. The van der Waals surface area contributed by atoms with Crippen LogP contribution < -0.4 is 9.47 Å². The number of carboxylic acids is 1. The first kappa shape index (κ1) is 14.0. The highest BCUT2D eigenvalue weighted by Gasteiger charge is 2.21. The molecule has 0 aromatic heterocycles. The number of Topliss-reactive ketones (excluding diaryl/α,β-unsaturated/α-hetero) is 1. The van der Waals surface area contributed by atoms with Gasteiger partial charge in [0.05, 0.1) is 26.6 Å². The molecule has 0 aliphatic heterocycles. The van der Waals surface area contributed by atoms with Gasteiger partial charge in [-0.2, -0.15) is 0 Å². The molecule has 1 N–H and O–H groups in total. The Morgan fingerprint density at radius 3 is 2.28 bits per heavy atom. The summed E-state index contributed by atoms with van der Waals surface area (Å²) in [4.78, 5) is 22.3. The van der Waals surface area contributed by atoms with Crippen molar-refractivity contribution in [1.29, 1.82) is 0 Å². The number of rotatable bonds is 6. The first-order valence-electron chi connectivity index (χ1n) is 5.43. The van der Waals surface area contributed by atoms with Gasteiger partial charge < -0.3 is 14.6 Å². The first-order valence-corrected chi connectivity index (χ1v) is 5.43. The van der Waals surface area contributed by atoms with Gasteiger partial charge in [-0.25, -0.2) is 0 Å². The lowest BCUT2D eigenvalue weighted by Gasteiger charge is -2.14. The molecule has 98 valence electrons. The van der Waals surface area contributed by atoms with Gasteiger partial charge in [-0.15, -0.1) is 0 Å². The van der Waals surface area contributed by atoms with Gasteiger partial charge in [0.2, 0.25) is 0 Å². The van der Waals surface area contributed by atoms with Crippen LogP contribution in [0.3, 0.4) is 0 Å². The second-order valence-corrected chi connectivity index (χ2v) is 3.88. The van der Waals surface area contributed by atoms with E-state index in [-0.39, 0.29) is 12.2 Å². The van der Waals surface area contributed by atoms with E-state index in [1.807, 2.05) is 0 Å². The van der Waals surface area contributed by atoms with Crippen molar-refractivity contribution in [3.05, 3.63) is 23.8 Å². The maximum Gasteiger partial charge on any atom is 0.304 e. The molecule has 18 heavy (non-hydrogen) atoms. The molecule has 0 bridgehead atoms. The van der Waals surface area contributed by atoms with Crippen LogP contribution in [0, 0.1) is 0 Å². The summed E-state index contributed by atoms with van der Waals surface area (Å²) in [5, 5.41) is 8.81. The number of ketones is 1. The predicted octanol–water partition coefficient (Wildman–Crippen LogP) is 1.85. The first-order chi connectivity index (χ1) is 8.49. The number of carbonyl (C=O) groups is 2. The van der Waals surface area contributed by atoms with Crippen LogP contribution in [0.4, 0.5) is 0 Å². The van der Waals surface area contributed by atoms with Gasteiger partial charge in [-0.1, -0.05) is 6.07 Å². The van der Waals surface area contributed by atoms with E-state index in [0.717, 1.165) is 0 Å². The molecule has 5 nitrogen and oxygen atoms in total. The van der Waals surface area contributed by atoms with Crippen molar-refractivity contribution in [2.45, 2.75) is 19.3 Å². The standard InChI is InChI=1S/C13H16O5/c1-8(14)10(7-13(15)16)9-4-5-11(17-2)12(6-9)18-3/h4-6,10H,7H2,1-3H3,(H,15,16). The number of methoxy groups -OCH3 is 2. The average Bonchev–Trinajstić information content (AvgIpc) is 2.34. The molecule has 0 amide bonds. The topological polar surface area (TPSA) is 72.8 Å². The van der Waals surface area contributed by atoms with Gasteiger partial charge in [0, 0.05) is 0 Å². The largest absolute Gasteiger partial charge is 0.493 e. The number of carboxylic acid groups (broad SMARTS) is 1. The Bertz CT molecular complexity index is 453. The van der Waals surface area contributed by atoms with E-state index in [4.69, 9.17) is 14.6 Å². The Labute approximate surface area is 105 Å². The lowest BCUT2D eigenvalue weighted by molar-refractivity contribution is -0.139. The van der Waals surface area contributed by atoms with Crippen LogP contribution in [0.5, 0.6) is 11.5 Å². The van der Waals surface area contributed by atoms with Crippen molar-refractivity contribution in [3.63, 3.8) is 0 Å². The number of ether oxygens (including phenoxy) is 2. The molecular weight excluding hydrogens is 236 g/mol. The van der Waals surface area contributed by atoms with Crippen molar-refractivity contribution in [1.82, 2.24) is 0 Å². The molecule has 0 aliphatic carbocycles. The molecule has 0 heterocycles. The fourth-order valence-electron chi connectivity index (χ4n) is 1.74. The molecule has 0 spiro atoms. The van der Waals surface area contributed by atoms with E-state index in [1.165, 1.54) is 21.1 Å². The summed E-state index contributed by atoms with van der Waals surface area (Å²) in [6.45, 7) is 1.38. The highest BCUT2D eigenvalue weighted by Crippen LogP contribution is 2.32. The predicted molar refractivity (Wildman–Crippen MR) is 65.2 cm³/mol. The molecule has 0 fully saturated rings. The van der Waals surface area contributed by atoms with Crippen LogP contribution in [0.1, 0.15) is 24.8 Å². The molecule has 5 heteroatoms. The maximum absolute atomic E-state index is 11.5. The summed E-state index contributed by atoms with van der Waals surface area (Å²) >= 11 is 0. The zero-order valence-corrected chi connectivity index (χ0v) is 10.6. The summed E-state index contributed by atoms with van der Waals surface area (Å²) in [7, 11) is 3.00. The molecule has 0 saturated heterocycles. The van der Waals surface area contributed by atoms with Crippen molar-refractivity contribution in [2.24, 2.45) is 0 Å².